The Labute approximate surface area is 122 Å². The molecule has 3 rings (SSSR count). The van der Waals surface area contributed by atoms with Gasteiger partial charge in [-0.15, -0.1) is 0 Å². The predicted molar refractivity (Wildman–Crippen MR) is 79.5 cm³/mol. The molecule has 21 heavy (non-hydrogen) atoms. The van der Waals surface area contributed by atoms with Gasteiger partial charge in [0.15, 0.2) is 0 Å². The highest BCUT2D eigenvalue weighted by Crippen LogP contribution is 2.22. The normalized spacial score (nSPS) is 12.3. The Morgan fingerprint density at radius 3 is 2.33 bits per heavy atom. The van der Waals surface area contributed by atoms with Gasteiger partial charge in [0, 0.05) is 17.0 Å². The third-order valence-corrected chi connectivity index (χ3v) is 3.21. The van der Waals surface area contributed by atoms with E-state index in [-0.39, 0.29) is 0 Å². The van der Waals surface area contributed by atoms with Crippen LogP contribution in [-0.2, 0) is 0 Å². The molecule has 1 aromatic carbocycles. The number of aryl methyl sites for hydroxylation is 2. The average Bonchev–Trinajstić information content (AvgIpc) is 2.96. The van der Waals surface area contributed by atoms with E-state index in [1.165, 1.54) is 0 Å². The van der Waals surface area contributed by atoms with Crippen molar-refractivity contribution in [2.75, 3.05) is 0 Å². The van der Waals surface area contributed by atoms with Crippen LogP contribution in [0.15, 0.2) is 47.0 Å². The minimum absolute atomic E-state index is 0.406. The number of pyridine rings is 1. The van der Waals surface area contributed by atoms with E-state index in [0.717, 1.165) is 22.5 Å². The largest absolute Gasteiger partial charge is 0.337 e. The topological polar surface area (TPSA) is 77.8 Å². The maximum absolute atomic E-state index is 6.16. The minimum Gasteiger partial charge on any atom is -0.337 e. The molecule has 1 atom stereocenters. The van der Waals surface area contributed by atoms with Crippen LogP contribution < -0.4 is 5.73 Å². The Morgan fingerprint density at radius 2 is 1.67 bits per heavy atom. The van der Waals surface area contributed by atoms with Gasteiger partial charge < -0.3 is 10.3 Å². The van der Waals surface area contributed by atoms with Crippen molar-refractivity contribution in [3.63, 3.8) is 0 Å². The summed E-state index contributed by atoms with van der Waals surface area (Å²) in [5.74, 6) is 0.938. The van der Waals surface area contributed by atoms with Crippen LogP contribution in [0.25, 0.3) is 11.4 Å². The lowest BCUT2D eigenvalue weighted by Crippen LogP contribution is -2.11. The lowest BCUT2D eigenvalue weighted by molar-refractivity contribution is 0.367. The predicted octanol–water partition coefficient (Wildman–Crippen LogP) is 2.80. The fourth-order valence-electron chi connectivity index (χ4n) is 2.25. The van der Waals surface area contributed by atoms with Gasteiger partial charge in [-0.05, 0) is 31.5 Å². The molecule has 5 heteroatoms. The molecule has 3 aromatic rings. The van der Waals surface area contributed by atoms with E-state index >= 15 is 0 Å². The van der Waals surface area contributed by atoms with E-state index < -0.39 is 6.04 Å². The molecule has 0 saturated heterocycles. The first-order chi connectivity index (χ1) is 10.1. The summed E-state index contributed by atoms with van der Waals surface area (Å²) in [6.07, 6.45) is 0. The van der Waals surface area contributed by atoms with Gasteiger partial charge in [0.1, 0.15) is 6.04 Å². The van der Waals surface area contributed by atoms with Crippen molar-refractivity contribution in [1.82, 2.24) is 15.1 Å². The quantitative estimate of drug-likeness (QED) is 0.798. The second kappa shape index (κ2) is 5.46. The summed E-state index contributed by atoms with van der Waals surface area (Å²) in [6.45, 7) is 3.88. The maximum atomic E-state index is 6.16. The Balaban J connectivity index is 1.93. The van der Waals surface area contributed by atoms with Crippen LogP contribution >= 0.6 is 0 Å². The van der Waals surface area contributed by atoms with Crippen molar-refractivity contribution in [1.29, 1.82) is 0 Å². The molecule has 0 unspecified atom stereocenters. The average molecular weight is 280 g/mol. The van der Waals surface area contributed by atoms with Crippen LogP contribution in [0.4, 0.5) is 0 Å². The van der Waals surface area contributed by atoms with Gasteiger partial charge in [-0.25, -0.2) is 0 Å². The van der Waals surface area contributed by atoms with Gasteiger partial charge in [-0.3, -0.25) is 4.98 Å². The molecule has 2 heterocycles. The number of aromatic nitrogens is 3. The van der Waals surface area contributed by atoms with Gasteiger partial charge in [-0.1, -0.05) is 35.5 Å². The zero-order chi connectivity index (χ0) is 14.8. The zero-order valence-corrected chi connectivity index (χ0v) is 11.9. The lowest BCUT2D eigenvalue weighted by Gasteiger charge is -2.05. The van der Waals surface area contributed by atoms with Gasteiger partial charge >= 0.3 is 0 Å². The molecule has 2 aromatic heterocycles. The molecule has 0 aliphatic carbocycles. The van der Waals surface area contributed by atoms with Crippen molar-refractivity contribution in [3.05, 3.63) is 65.3 Å². The van der Waals surface area contributed by atoms with Crippen molar-refractivity contribution in [2.24, 2.45) is 5.73 Å². The van der Waals surface area contributed by atoms with Crippen molar-refractivity contribution < 1.29 is 4.52 Å². The number of hydrogen-bond acceptors (Lipinski definition) is 5. The summed E-state index contributed by atoms with van der Waals surface area (Å²) in [5.41, 5.74) is 9.82. The Morgan fingerprint density at radius 1 is 1.00 bits per heavy atom. The molecule has 0 aliphatic rings. The highest BCUT2D eigenvalue weighted by Gasteiger charge is 2.17. The summed E-state index contributed by atoms with van der Waals surface area (Å²) >= 11 is 0. The summed E-state index contributed by atoms with van der Waals surface area (Å²) in [6, 6.07) is 13.1. The smallest absolute Gasteiger partial charge is 0.248 e. The number of rotatable bonds is 3. The van der Waals surface area contributed by atoms with E-state index in [1.54, 1.807) is 0 Å². The van der Waals surface area contributed by atoms with E-state index in [9.17, 15) is 0 Å². The first-order valence-corrected chi connectivity index (χ1v) is 6.73. The van der Waals surface area contributed by atoms with E-state index in [2.05, 4.69) is 15.1 Å². The summed E-state index contributed by atoms with van der Waals surface area (Å²) in [5, 5.41) is 4.02. The SMILES string of the molecule is Cc1cc(-c2noc([C@H](N)c3ccccc3)n2)cc(C)n1. The first kappa shape index (κ1) is 13.5. The molecular weight excluding hydrogens is 264 g/mol. The van der Waals surface area contributed by atoms with Crippen LogP contribution in [0.3, 0.4) is 0 Å². The molecule has 0 radical (unpaired) electrons. The molecular formula is C16H16N4O. The zero-order valence-electron chi connectivity index (χ0n) is 11.9. The Bertz CT molecular complexity index is 732. The van der Waals surface area contributed by atoms with Crippen molar-refractivity contribution in [2.45, 2.75) is 19.9 Å². The Kier molecular flexibility index (Phi) is 3.50. The van der Waals surface area contributed by atoms with E-state index in [1.807, 2.05) is 56.3 Å². The molecule has 0 bridgehead atoms. The second-order valence-electron chi connectivity index (χ2n) is 4.98. The van der Waals surface area contributed by atoms with Crippen LogP contribution in [0.2, 0.25) is 0 Å². The van der Waals surface area contributed by atoms with Gasteiger partial charge in [0.05, 0.1) is 0 Å². The molecule has 106 valence electrons. The lowest BCUT2D eigenvalue weighted by atomic mass is 10.1. The summed E-state index contributed by atoms with van der Waals surface area (Å²) < 4.78 is 5.31. The van der Waals surface area contributed by atoms with Crippen molar-refractivity contribution >= 4 is 0 Å². The van der Waals surface area contributed by atoms with Gasteiger partial charge in [0.25, 0.3) is 0 Å². The van der Waals surface area contributed by atoms with Crippen molar-refractivity contribution in [3.8, 4) is 11.4 Å². The minimum atomic E-state index is -0.420. The fraction of sp³-hybridized carbons (Fsp3) is 0.188. The number of benzene rings is 1. The maximum Gasteiger partial charge on any atom is 0.248 e. The van der Waals surface area contributed by atoms with Crippen LogP contribution in [-0.4, -0.2) is 15.1 Å². The Hall–Kier alpha value is -2.53. The molecule has 0 saturated carbocycles. The summed E-state index contributed by atoms with van der Waals surface area (Å²) in [7, 11) is 0. The molecule has 0 spiro atoms. The third kappa shape index (κ3) is 2.83. The third-order valence-electron chi connectivity index (χ3n) is 3.21. The fourth-order valence-corrected chi connectivity index (χ4v) is 2.25. The highest BCUT2D eigenvalue weighted by molar-refractivity contribution is 5.55. The molecule has 0 amide bonds. The van der Waals surface area contributed by atoms with E-state index in [0.29, 0.717) is 11.7 Å². The van der Waals surface area contributed by atoms with Crippen LogP contribution in [0.5, 0.6) is 0 Å². The molecule has 0 fully saturated rings. The van der Waals surface area contributed by atoms with Gasteiger partial charge in [0.2, 0.25) is 11.7 Å². The van der Waals surface area contributed by atoms with Crippen LogP contribution in [0.1, 0.15) is 28.9 Å². The van der Waals surface area contributed by atoms with E-state index in [4.69, 9.17) is 10.3 Å². The first-order valence-electron chi connectivity index (χ1n) is 6.73. The number of nitrogens with zero attached hydrogens (tertiary/aromatic N) is 3. The standard InChI is InChI=1S/C16H16N4O/c1-10-8-13(9-11(2)18-10)15-19-16(21-20-15)14(17)12-6-4-3-5-7-12/h3-9,14H,17H2,1-2H3/t14-/m1/s1. The number of hydrogen-bond donors (Lipinski definition) is 1. The highest BCUT2D eigenvalue weighted by atomic mass is 16.5. The molecule has 2 N–H and O–H groups in total. The number of nitrogens with two attached hydrogens (primary N) is 1. The monoisotopic (exact) mass is 280 g/mol. The molecule has 5 nitrogen and oxygen atoms in total. The van der Waals surface area contributed by atoms with Gasteiger partial charge in [-0.2, -0.15) is 4.98 Å². The summed E-state index contributed by atoms with van der Waals surface area (Å²) in [4.78, 5) is 8.75. The second-order valence-corrected chi connectivity index (χ2v) is 4.98. The van der Waals surface area contributed by atoms with Crippen LogP contribution in [0, 0.1) is 13.8 Å². The molecule has 0 aliphatic heterocycles.